The average molecular weight is 817 g/mol. The highest BCUT2D eigenvalue weighted by molar-refractivity contribution is 7.98. The van der Waals surface area contributed by atoms with Crippen LogP contribution in [0.25, 0.3) is 0 Å². The van der Waals surface area contributed by atoms with E-state index in [1.54, 1.807) is 33.0 Å². The number of methoxy groups -OCH3 is 4. The Balaban J connectivity index is 0.000000382. The maximum atomic E-state index is 11.3. The van der Waals surface area contributed by atoms with E-state index in [2.05, 4.69) is 5.32 Å². The van der Waals surface area contributed by atoms with Crippen molar-refractivity contribution in [1.29, 1.82) is 0 Å². The zero-order valence-corrected chi connectivity index (χ0v) is 35.6. The van der Waals surface area contributed by atoms with E-state index in [1.807, 2.05) is 27.0 Å². The summed E-state index contributed by atoms with van der Waals surface area (Å²) < 4.78 is 87.2. The summed E-state index contributed by atoms with van der Waals surface area (Å²) in [5.41, 5.74) is -2.25. The fourth-order valence-electron chi connectivity index (χ4n) is 6.68. The molecular weight excluding hydrogens is 755 g/mol. The first-order chi connectivity index (χ1) is 23.5. The lowest BCUT2D eigenvalue weighted by Crippen LogP contribution is -2.52. The lowest BCUT2D eigenvalue weighted by Gasteiger charge is -2.36. The van der Waals surface area contributed by atoms with Gasteiger partial charge in [-0.3, -0.25) is 0 Å². The summed E-state index contributed by atoms with van der Waals surface area (Å²) in [6, 6.07) is 0. The summed E-state index contributed by atoms with van der Waals surface area (Å²) in [6.45, 7) is 10.5. The normalized spacial score (nSPS) is 35.1. The lowest BCUT2D eigenvalue weighted by atomic mass is 9.97. The van der Waals surface area contributed by atoms with Gasteiger partial charge in [-0.25, -0.2) is 0 Å². The van der Waals surface area contributed by atoms with E-state index in [-0.39, 0.29) is 31.5 Å². The Bertz CT molecular complexity index is 997. The van der Waals surface area contributed by atoms with Crippen molar-refractivity contribution in [3.8, 4) is 0 Å². The fourth-order valence-corrected chi connectivity index (χ4v) is 9.73. The second-order valence-corrected chi connectivity index (χ2v) is 19.6. The van der Waals surface area contributed by atoms with Gasteiger partial charge in [0.25, 0.3) is 0 Å². The molecule has 306 valence electrons. The van der Waals surface area contributed by atoms with E-state index >= 15 is 0 Å². The predicted molar refractivity (Wildman–Crippen MR) is 189 cm³/mol. The molecule has 51 heavy (non-hydrogen) atoms. The van der Waals surface area contributed by atoms with Gasteiger partial charge in [0.05, 0.1) is 63.1 Å². The topological polar surface area (TPSA) is 225 Å². The molecule has 0 aromatic heterocycles. The summed E-state index contributed by atoms with van der Waals surface area (Å²) in [5, 5.41) is 2.99. The van der Waals surface area contributed by atoms with Gasteiger partial charge in [-0.2, -0.15) is 11.8 Å². The van der Waals surface area contributed by atoms with Gasteiger partial charge in [0.1, 0.15) is 39.6 Å². The molecule has 21 heteroatoms. The van der Waals surface area contributed by atoms with Crippen molar-refractivity contribution < 1.29 is 75.1 Å². The summed E-state index contributed by atoms with van der Waals surface area (Å²) in [6.07, 6.45) is 1.90. The molecule has 11 atom stereocenters. The SMILES string of the molecule is CNC[C@]1(COC)O[C@@H](C)CC1OP(C)(=O)[O-].COCC1(COC)O[C@@H](C)CC1OP(C)(=O)[O-].COC[C@@]1(CSC)O[C@@H](C)CC1OP(C)(=O)[O-]. The molecule has 3 rings (SSSR count). The largest absolute Gasteiger partial charge is 0.779 e. The molecule has 3 saturated heterocycles. The molecule has 3 heterocycles. The number of likely N-dealkylation sites (N-methyl/N-ethyl adjacent to an activating group) is 1. The molecule has 6 unspecified atom stereocenters. The van der Waals surface area contributed by atoms with E-state index in [4.69, 9.17) is 46.7 Å². The molecule has 3 fully saturated rings. The van der Waals surface area contributed by atoms with Crippen LogP contribution in [0.5, 0.6) is 0 Å². The molecule has 0 spiro atoms. The van der Waals surface area contributed by atoms with E-state index in [0.29, 0.717) is 44.8 Å². The van der Waals surface area contributed by atoms with Gasteiger partial charge in [-0.15, -0.1) is 0 Å². The quantitative estimate of drug-likeness (QED) is 0.193. The van der Waals surface area contributed by atoms with Crippen LogP contribution in [0.3, 0.4) is 0 Å². The van der Waals surface area contributed by atoms with Gasteiger partial charge in [0, 0.05) is 80.0 Å². The number of ether oxygens (including phenoxy) is 7. The van der Waals surface area contributed by atoms with Gasteiger partial charge in [0.2, 0.25) is 0 Å². The van der Waals surface area contributed by atoms with Crippen LogP contribution in [0, 0.1) is 0 Å². The minimum Gasteiger partial charge on any atom is -0.779 e. The summed E-state index contributed by atoms with van der Waals surface area (Å²) in [5.74, 6) is 0.649. The molecule has 17 nitrogen and oxygen atoms in total. The third kappa shape index (κ3) is 16.6. The second kappa shape index (κ2) is 21.7. The molecule has 0 aromatic rings. The molecule has 3 aliphatic heterocycles. The van der Waals surface area contributed by atoms with Gasteiger partial charge in [0.15, 0.2) is 0 Å². The van der Waals surface area contributed by atoms with Crippen molar-refractivity contribution >= 4 is 34.5 Å². The first kappa shape index (κ1) is 49.5. The Morgan fingerprint density at radius 3 is 1.25 bits per heavy atom. The Morgan fingerprint density at radius 1 is 0.627 bits per heavy atom. The Kier molecular flexibility index (Phi) is 21.1. The summed E-state index contributed by atoms with van der Waals surface area (Å²) >= 11 is 1.59. The first-order valence-electron chi connectivity index (χ1n) is 16.5. The monoisotopic (exact) mass is 816 g/mol. The Hall–Kier alpha value is 0.480. The zero-order valence-electron chi connectivity index (χ0n) is 32.1. The third-order valence-electron chi connectivity index (χ3n) is 8.08. The molecule has 0 bridgehead atoms. The number of nitrogens with one attached hydrogen (secondary N) is 1. The van der Waals surface area contributed by atoms with Crippen molar-refractivity contribution in [3.63, 3.8) is 0 Å². The van der Waals surface area contributed by atoms with Crippen LogP contribution in [0.4, 0.5) is 0 Å². The van der Waals surface area contributed by atoms with Crippen LogP contribution in [0.15, 0.2) is 0 Å². The smallest absolute Gasteiger partial charge is 0.141 e. The average Bonchev–Trinajstić information content (AvgIpc) is 3.52. The lowest BCUT2D eigenvalue weighted by molar-refractivity contribution is -0.211. The van der Waals surface area contributed by atoms with Crippen LogP contribution in [-0.4, -0.2) is 154 Å². The van der Waals surface area contributed by atoms with E-state index in [0.717, 1.165) is 20.0 Å². The number of thioether (sulfide) groups is 1. The molecular formula is C30H61NO16P3S-3. The van der Waals surface area contributed by atoms with Crippen molar-refractivity contribution in [2.75, 3.05) is 100 Å². The van der Waals surface area contributed by atoms with Gasteiger partial charge < -0.3 is 80.4 Å². The van der Waals surface area contributed by atoms with Crippen LogP contribution >= 0.6 is 34.5 Å². The Morgan fingerprint density at radius 2 is 0.922 bits per heavy atom. The Labute approximate surface area is 308 Å². The maximum absolute atomic E-state index is 11.3. The molecule has 3 aliphatic rings. The molecule has 0 amide bonds. The highest BCUT2D eigenvalue weighted by atomic mass is 32.2. The molecule has 0 aromatic carbocycles. The molecule has 0 radical (unpaired) electrons. The highest BCUT2D eigenvalue weighted by Crippen LogP contribution is 2.45. The van der Waals surface area contributed by atoms with Gasteiger partial charge in [-0.1, -0.05) is 0 Å². The zero-order chi connectivity index (χ0) is 39.3. The number of hydrogen-bond donors (Lipinski definition) is 1. The molecule has 0 saturated carbocycles. The van der Waals surface area contributed by atoms with E-state index in [1.165, 1.54) is 14.2 Å². The summed E-state index contributed by atoms with van der Waals surface area (Å²) in [4.78, 5) is 33.8. The fraction of sp³-hybridized carbons (Fsp3) is 1.00. The highest BCUT2D eigenvalue weighted by Gasteiger charge is 2.51. The number of hydrogen-bond acceptors (Lipinski definition) is 18. The van der Waals surface area contributed by atoms with Crippen LogP contribution in [0.2, 0.25) is 0 Å². The van der Waals surface area contributed by atoms with Gasteiger partial charge >= 0.3 is 0 Å². The standard InChI is InChI=1S/C10H22NO5P.C10H21O6P.C10H21O5PS/c1-8-5-9(16-17(4,12)13)10(15-8,6-11-2)7-14-3;1-8-5-9(16-17(4,11)12)10(15-8,6-13-2)7-14-3;1-8-5-9(15-16(3,11)12)10(14-8,6-13-2)7-17-4/h8-9,11H,5-7H2,1-4H3,(H,12,13);2*8-9H,5-7H2,1-4H3,(H,11,12)/p-3/t8-,9?,10+;8-,9?;8-,9?,10-/m000/s1. The minimum atomic E-state index is -3.81. The van der Waals surface area contributed by atoms with Crippen LogP contribution in [-0.2, 0) is 60.4 Å². The first-order valence-corrected chi connectivity index (χ1v) is 23.9. The summed E-state index contributed by atoms with van der Waals surface area (Å²) in [7, 11) is -3.37. The molecule has 1 N–H and O–H groups in total. The predicted octanol–water partition coefficient (Wildman–Crippen LogP) is 1.48. The van der Waals surface area contributed by atoms with Crippen molar-refractivity contribution in [2.24, 2.45) is 0 Å². The van der Waals surface area contributed by atoms with E-state index < -0.39 is 57.9 Å². The second-order valence-electron chi connectivity index (χ2n) is 13.5. The third-order valence-corrected chi connectivity index (χ3v) is 10.8. The van der Waals surface area contributed by atoms with Crippen molar-refractivity contribution in [1.82, 2.24) is 5.32 Å². The van der Waals surface area contributed by atoms with Crippen molar-refractivity contribution in [2.45, 2.75) is 93.5 Å². The van der Waals surface area contributed by atoms with Gasteiger partial charge in [-0.05, 0) is 34.1 Å². The van der Waals surface area contributed by atoms with Crippen LogP contribution < -0.4 is 20.0 Å². The van der Waals surface area contributed by atoms with E-state index in [9.17, 15) is 28.4 Å². The minimum absolute atomic E-state index is 0.0196. The maximum Gasteiger partial charge on any atom is 0.141 e. The molecule has 0 aliphatic carbocycles. The van der Waals surface area contributed by atoms with Crippen LogP contribution in [0.1, 0.15) is 40.0 Å². The van der Waals surface area contributed by atoms with Crippen molar-refractivity contribution in [3.05, 3.63) is 0 Å². The number of rotatable bonds is 18.